The highest BCUT2D eigenvalue weighted by atomic mass is 32.1. The second-order valence-electron chi connectivity index (χ2n) is 5.23. The predicted octanol–water partition coefficient (Wildman–Crippen LogP) is 0.953. The lowest BCUT2D eigenvalue weighted by molar-refractivity contribution is 0.0733. The Morgan fingerprint density at radius 3 is 3.21 bits per heavy atom. The molecule has 3 aliphatic heterocycles. The summed E-state index contributed by atoms with van der Waals surface area (Å²) >= 11 is 1.43. The summed E-state index contributed by atoms with van der Waals surface area (Å²) in [4.78, 5) is 15.4. The van der Waals surface area contributed by atoms with Crippen molar-refractivity contribution >= 4 is 17.2 Å². The van der Waals surface area contributed by atoms with Gasteiger partial charge >= 0.3 is 0 Å². The highest BCUT2D eigenvalue weighted by Gasteiger charge is 2.41. The maximum atomic E-state index is 12.7. The Morgan fingerprint density at radius 2 is 2.26 bits per heavy atom. The van der Waals surface area contributed by atoms with Crippen molar-refractivity contribution in [1.82, 2.24) is 10.2 Å². The molecule has 0 aliphatic carbocycles. The van der Waals surface area contributed by atoms with E-state index in [1.54, 1.807) is 0 Å². The van der Waals surface area contributed by atoms with E-state index in [2.05, 4.69) is 5.32 Å². The average Bonchev–Trinajstić information content (AvgIpc) is 3.12. The van der Waals surface area contributed by atoms with E-state index in [0.717, 1.165) is 31.8 Å². The van der Waals surface area contributed by atoms with Crippen LogP contribution in [0, 0.1) is 5.92 Å². The Hall–Kier alpha value is -1.27. The van der Waals surface area contributed by atoms with E-state index in [4.69, 9.17) is 9.47 Å². The van der Waals surface area contributed by atoms with Gasteiger partial charge in [0.2, 0.25) is 0 Å². The third-order valence-corrected chi connectivity index (χ3v) is 5.13. The minimum atomic E-state index is 0.105. The van der Waals surface area contributed by atoms with Gasteiger partial charge in [0.15, 0.2) is 11.5 Å². The van der Waals surface area contributed by atoms with Gasteiger partial charge in [-0.2, -0.15) is 0 Å². The third kappa shape index (κ3) is 1.74. The molecule has 4 rings (SSSR count). The molecule has 0 radical (unpaired) electrons. The number of fused-ring (bicyclic) bond motifs is 2. The van der Waals surface area contributed by atoms with E-state index < -0.39 is 0 Å². The predicted molar refractivity (Wildman–Crippen MR) is 71.1 cm³/mol. The number of hydrogen-bond acceptors (Lipinski definition) is 5. The van der Waals surface area contributed by atoms with Gasteiger partial charge in [0.05, 0.1) is 0 Å². The second-order valence-corrected chi connectivity index (χ2v) is 6.11. The number of carbonyl (C=O) groups excluding carboxylic acids is 1. The lowest BCUT2D eigenvalue weighted by atomic mass is 10.1. The molecule has 102 valence electrons. The van der Waals surface area contributed by atoms with Gasteiger partial charge in [-0.15, -0.1) is 11.3 Å². The molecule has 2 saturated heterocycles. The van der Waals surface area contributed by atoms with E-state index in [1.807, 2.05) is 10.3 Å². The molecule has 0 aromatic carbocycles. The van der Waals surface area contributed by atoms with Gasteiger partial charge in [0, 0.05) is 31.1 Å². The van der Waals surface area contributed by atoms with Crippen molar-refractivity contribution in [2.24, 2.45) is 5.92 Å². The monoisotopic (exact) mass is 280 g/mol. The van der Waals surface area contributed by atoms with Crippen LogP contribution in [0.15, 0.2) is 5.38 Å². The van der Waals surface area contributed by atoms with Crippen LogP contribution in [0.5, 0.6) is 11.5 Å². The summed E-state index contributed by atoms with van der Waals surface area (Å²) in [5.74, 6) is 2.10. The molecule has 1 aromatic heterocycles. The number of amides is 1. The van der Waals surface area contributed by atoms with Crippen molar-refractivity contribution in [2.75, 3.05) is 32.8 Å². The zero-order chi connectivity index (χ0) is 12.8. The van der Waals surface area contributed by atoms with Crippen molar-refractivity contribution in [3.8, 4) is 11.5 Å². The normalized spacial score (nSPS) is 28.5. The topological polar surface area (TPSA) is 50.8 Å². The molecule has 3 aliphatic rings. The van der Waals surface area contributed by atoms with Gasteiger partial charge in [0.25, 0.3) is 5.91 Å². The Bertz CT molecular complexity index is 516. The van der Waals surface area contributed by atoms with Crippen molar-refractivity contribution in [3.63, 3.8) is 0 Å². The number of thiophene rings is 1. The molecule has 0 bridgehead atoms. The molecular weight excluding hydrogens is 264 g/mol. The van der Waals surface area contributed by atoms with Crippen LogP contribution in [0.4, 0.5) is 0 Å². The standard InChI is InChI=1S/C13H16N2O3S/c16-13(15-2-1-8-5-14-6-9(8)15)12-11-10(7-19-12)17-3-4-18-11/h7-9,14H,1-6H2/t8-,9+/m0/s1. The summed E-state index contributed by atoms with van der Waals surface area (Å²) in [6.45, 7) is 3.91. The van der Waals surface area contributed by atoms with Crippen LogP contribution >= 0.6 is 11.3 Å². The zero-order valence-electron chi connectivity index (χ0n) is 10.6. The summed E-state index contributed by atoms with van der Waals surface area (Å²) in [6, 6.07) is 0.356. The van der Waals surface area contributed by atoms with Crippen LogP contribution in [0.1, 0.15) is 16.1 Å². The van der Waals surface area contributed by atoms with Gasteiger partial charge in [-0.3, -0.25) is 4.79 Å². The minimum Gasteiger partial charge on any atom is -0.485 e. The molecule has 19 heavy (non-hydrogen) atoms. The van der Waals surface area contributed by atoms with Gasteiger partial charge in [-0.1, -0.05) is 0 Å². The van der Waals surface area contributed by atoms with E-state index >= 15 is 0 Å². The molecule has 2 fully saturated rings. The maximum Gasteiger partial charge on any atom is 0.268 e. The average molecular weight is 280 g/mol. The number of nitrogens with zero attached hydrogens (tertiary/aromatic N) is 1. The summed E-state index contributed by atoms with van der Waals surface area (Å²) < 4.78 is 11.1. The number of rotatable bonds is 1. The third-order valence-electron chi connectivity index (χ3n) is 4.20. The second kappa shape index (κ2) is 4.38. The summed E-state index contributed by atoms with van der Waals surface area (Å²) in [5.41, 5.74) is 0. The minimum absolute atomic E-state index is 0.105. The van der Waals surface area contributed by atoms with E-state index in [-0.39, 0.29) is 5.91 Å². The van der Waals surface area contributed by atoms with Crippen molar-refractivity contribution in [1.29, 1.82) is 0 Å². The van der Waals surface area contributed by atoms with Gasteiger partial charge < -0.3 is 19.7 Å². The largest absolute Gasteiger partial charge is 0.485 e. The van der Waals surface area contributed by atoms with Crippen LogP contribution in [-0.2, 0) is 0 Å². The van der Waals surface area contributed by atoms with Crippen LogP contribution in [0.3, 0.4) is 0 Å². The molecular formula is C13H16N2O3S. The van der Waals surface area contributed by atoms with Crippen molar-refractivity contribution in [2.45, 2.75) is 12.5 Å². The van der Waals surface area contributed by atoms with Crippen LogP contribution in [0.25, 0.3) is 0 Å². The number of ether oxygens (including phenoxy) is 2. The van der Waals surface area contributed by atoms with Crippen LogP contribution in [-0.4, -0.2) is 49.7 Å². The fourth-order valence-electron chi connectivity index (χ4n) is 3.24. The SMILES string of the molecule is O=C(c1scc2c1OCCO2)N1CC[C@H]2CNC[C@H]21. The highest BCUT2D eigenvalue weighted by Crippen LogP contribution is 2.41. The lowest BCUT2D eigenvalue weighted by Gasteiger charge is -2.24. The number of nitrogens with one attached hydrogen (secondary N) is 1. The first-order valence-electron chi connectivity index (χ1n) is 6.73. The van der Waals surface area contributed by atoms with Crippen LogP contribution in [0.2, 0.25) is 0 Å². The van der Waals surface area contributed by atoms with Gasteiger partial charge in [0.1, 0.15) is 18.1 Å². The van der Waals surface area contributed by atoms with Crippen molar-refractivity contribution < 1.29 is 14.3 Å². The Labute approximate surface area is 115 Å². The molecule has 2 atom stereocenters. The molecule has 6 heteroatoms. The summed E-state index contributed by atoms with van der Waals surface area (Å²) in [7, 11) is 0. The molecule has 0 unspecified atom stereocenters. The molecule has 4 heterocycles. The fourth-order valence-corrected chi connectivity index (χ4v) is 4.13. The number of likely N-dealkylation sites (tertiary alicyclic amines) is 1. The molecule has 0 spiro atoms. The smallest absolute Gasteiger partial charge is 0.268 e. The first-order chi connectivity index (χ1) is 9.34. The highest BCUT2D eigenvalue weighted by molar-refractivity contribution is 7.12. The number of carbonyl (C=O) groups is 1. The lowest BCUT2D eigenvalue weighted by Crippen LogP contribution is -2.39. The van der Waals surface area contributed by atoms with Gasteiger partial charge in [-0.05, 0) is 12.3 Å². The first-order valence-corrected chi connectivity index (χ1v) is 7.61. The molecule has 0 saturated carbocycles. The van der Waals surface area contributed by atoms with E-state index in [0.29, 0.717) is 35.8 Å². The van der Waals surface area contributed by atoms with Crippen LogP contribution < -0.4 is 14.8 Å². The van der Waals surface area contributed by atoms with E-state index in [9.17, 15) is 4.79 Å². The van der Waals surface area contributed by atoms with E-state index in [1.165, 1.54) is 11.3 Å². The molecule has 1 N–H and O–H groups in total. The van der Waals surface area contributed by atoms with Crippen molar-refractivity contribution in [3.05, 3.63) is 10.3 Å². The Balaban J connectivity index is 1.62. The molecule has 5 nitrogen and oxygen atoms in total. The fraction of sp³-hybridized carbons (Fsp3) is 0.615. The summed E-state index contributed by atoms with van der Waals surface area (Å²) in [6.07, 6.45) is 1.11. The molecule has 1 aromatic rings. The zero-order valence-corrected chi connectivity index (χ0v) is 11.4. The summed E-state index contributed by atoms with van der Waals surface area (Å²) in [5, 5.41) is 5.25. The number of hydrogen-bond donors (Lipinski definition) is 1. The first kappa shape index (κ1) is 11.5. The quantitative estimate of drug-likeness (QED) is 0.832. The van der Waals surface area contributed by atoms with Gasteiger partial charge in [-0.25, -0.2) is 0 Å². The molecule has 1 amide bonds. The Kier molecular flexibility index (Phi) is 2.66. The Morgan fingerprint density at radius 1 is 1.37 bits per heavy atom. The maximum absolute atomic E-state index is 12.7.